The first kappa shape index (κ1) is 69.6. The van der Waals surface area contributed by atoms with E-state index >= 15 is 0 Å². The van der Waals surface area contributed by atoms with E-state index in [1.165, 1.54) is 265 Å². The molecule has 30 rings (SSSR count). The molecule has 18 aromatic carbocycles. The molecule has 22 aromatic rings. The molecule has 0 saturated carbocycles. The van der Waals surface area contributed by atoms with Gasteiger partial charge in [0.05, 0.1) is 44.1 Å². The third-order valence-electron chi connectivity index (χ3n) is 27.6. The zero-order chi connectivity index (χ0) is 80.2. The van der Waals surface area contributed by atoms with Crippen LogP contribution in [0.15, 0.2) is 430 Å². The highest BCUT2D eigenvalue weighted by Crippen LogP contribution is 2.51. The summed E-state index contributed by atoms with van der Waals surface area (Å²) in [6.07, 6.45) is 0. The number of rotatable bonds is 5. The average Bonchev–Trinajstić information content (AvgIpc) is 1.37. The lowest BCUT2D eigenvalue weighted by Crippen LogP contribution is -2.58. The van der Waals surface area contributed by atoms with Gasteiger partial charge in [-0.15, -0.1) is 0 Å². The van der Waals surface area contributed by atoms with Crippen molar-refractivity contribution in [3.63, 3.8) is 0 Å². The largest absolute Gasteiger partial charge is 0.309 e. The Balaban J connectivity index is 0.578. The van der Waals surface area contributed by atoms with Crippen molar-refractivity contribution in [1.82, 2.24) is 18.3 Å². The molecule has 0 bridgehead atoms. The van der Waals surface area contributed by atoms with E-state index in [0.717, 1.165) is 0 Å². The number of hydrogen-bond acceptors (Lipinski definition) is 8. The van der Waals surface area contributed by atoms with E-state index in [1.54, 1.807) is 0 Å². The smallest absolute Gasteiger partial charge is 0.247 e. The van der Waals surface area contributed by atoms with Crippen LogP contribution in [0.1, 0.15) is 0 Å². The first-order chi connectivity index (χ1) is 61.4. The maximum Gasteiger partial charge on any atom is 0.247 e. The third kappa shape index (κ3) is 9.70. The van der Waals surface area contributed by atoms with E-state index in [9.17, 15) is 0 Å². The lowest BCUT2D eigenvalue weighted by Gasteiger charge is -2.33. The highest BCUT2D eigenvalue weighted by molar-refractivity contribution is 8.03. The van der Waals surface area contributed by atoms with Crippen molar-refractivity contribution in [2.75, 3.05) is 0 Å². The number of fused-ring (bicyclic) bond motifs is 28. The maximum atomic E-state index is 2.62. The van der Waals surface area contributed by atoms with Crippen molar-refractivity contribution >= 4 is 274 Å². The molecule has 0 radical (unpaired) electrons. The fourth-order valence-corrected chi connectivity index (χ4v) is 32.4. The van der Waals surface area contributed by atoms with Crippen LogP contribution in [0.25, 0.3) is 121 Å². The van der Waals surface area contributed by atoms with Crippen molar-refractivity contribution in [1.29, 1.82) is 0 Å². The van der Waals surface area contributed by atoms with Crippen LogP contribution in [-0.4, -0.2) is 45.1 Å². The molecule has 0 saturated heterocycles. The van der Waals surface area contributed by atoms with Gasteiger partial charge in [0.25, 0.3) is 0 Å². The standard InChI is InChI=1S/C108H58B4N4S8/c1-11-31-81-65(21-1)69-55-70-68-45-59(41-43-84(68)116(64-53-101-107-102(54-64)122-94-39-19-9-29-78(94)111(107)77-28-8-18-38-93(77)121-101)88(70)58-87(69)115(81)63-51-99-106-100(52-63)120-92-37-17-7-27-76(92)110(106)75-26-6-16-36-91(75)119-99)60-42-44-96-80(46-60)112-79-30-10-20-40-95(79)123-103-49-62(50-104(124-96)108(103)112)114-83-33-13-3-23-67(83)72-56-85-71(57-86(72)114)66-22-2-12-32-82(66)113(85)61-47-97-105-98(48-61)118-90-35-15-5-25-74(90)109(105)73-24-4-14-34-89(73)117-97/h1-58H. The molecular formula is C108H58B4N4S8. The number of hydrogen-bond donors (Lipinski definition) is 0. The molecule has 12 heterocycles. The molecular weight excluding hydrogens is 1650 g/mol. The lowest BCUT2D eigenvalue weighted by molar-refractivity contribution is 1.13. The zero-order valence-electron chi connectivity index (χ0n) is 65.9. The van der Waals surface area contributed by atoms with Gasteiger partial charge in [0, 0.05) is 144 Å². The fourth-order valence-electron chi connectivity index (χ4n) is 22.5. The molecule has 0 N–H and O–H groups in total. The predicted octanol–water partition coefficient (Wildman–Crippen LogP) is 21.5. The Morgan fingerprint density at radius 2 is 0.371 bits per heavy atom. The topological polar surface area (TPSA) is 19.7 Å². The Bertz CT molecular complexity index is 8510. The van der Waals surface area contributed by atoms with Gasteiger partial charge < -0.3 is 18.3 Å². The molecule has 570 valence electrons. The number of para-hydroxylation sites is 3. The summed E-state index contributed by atoms with van der Waals surface area (Å²) in [7, 11) is 0. The van der Waals surface area contributed by atoms with E-state index in [2.05, 4.69) is 370 Å². The molecule has 4 nitrogen and oxygen atoms in total. The minimum atomic E-state index is 0.0247. The summed E-state index contributed by atoms with van der Waals surface area (Å²) in [5, 5.41) is 9.94. The van der Waals surface area contributed by atoms with Crippen molar-refractivity contribution in [3.8, 4) is 33.9 Å². The van der Waals surface area contributed by atoms with Gasteiger partial charge >= 0.3 is 0 Å². The second kappa shape index (κ2) is 25.9. The maximum absolute atomic E-state index is 2.62. The van der Waals surface area contributed by atoms with Gasteiger partial charge in [0.15, 0.2) is 0 Å². The molecule has 0 aliphatic carbocycles. The monoisotopic (exact) mass is 1710 g/mol. The third-order valence-corrected chi connectivity index (χ3v) is 36.8. The van der Waals surface area contributed by atoms with Gasteiger partial charge in [-0.2, -0.15) is 0 Å². The minimum absolute atomic E-state index is 0.0247. The molecule has 0 atom stereocenters. The lowest BCUT2D eigenvalue weighted by atomic mass is 9.36. The normalized spacial score (nSPS) is 14.3. The van der Waals surface area contributed by atoms with E-state index in [-0.39, 0.29) is 26.9 Å². The van der Waals surface area contributed by atoms with E-state index in [4.69, 9.17) is 0 Å². The SMILES string of the molecule is c1ccc2c(c1)Sc1cc(-n3c4ccccc4c4cc5c(cc43)c3ccccc3n5-c3cc4c5c(c3)Sc3ccc(-c6ccc7c(c6)c6cc8c9ccccc9n(-c9cc%10c%11c(c9)Sc9ccccc9B%11c9ccccc9S%10)c8cc6n7-c6cc7c8c(c6)Sc6ccccc6B8c6ccccc6S7)cc3B5c3ccccc3S4)cc3c1B2c1ccccc1S3. The van der Waals surface area contributed by atoms with Crippen LogP contribution in [0.2, 0.25) is 0 Å². The molecule has 16 heteroatoms. The van der Waals surface area contributed by atoms with Gasteiger partial charge in [0.1, 0.15) is 0 Å². The zero-order valence-corrected chi connectivity index (χ0v) is 72.4. The van der Waals surface area contributed by atoms with Crippen molar-refractivity contribution in [2.45, 2.75) is 78.3 Å². The Kier molecular flexibility index (Phi) is 14.6. The quantitative estimate of drug-likeness (QED) is 0.157. The Hall–Kier alpha value is -11.8. The van der Waals surface area contributed by atoms with Gasteiger partial charge in [-0.05, 0) is 185 Å². The Morgan fingerprint density at radius 1 is 0.145 bits per heavy atom. The van der Waals surface area contributed by atoms with Gasteiger partial charge in [0.2, 0.25) is 26.9 Å². The number of aromatic nitrogens is 4. The van der Waals surface area contributed by atoms with E-state index in [0.29, 0.717) is 0 Å². The molecule has 8 aliphatic heterocycles. The van der Waals surface area contributed by atoms with Gasteiger partial charge in [-0.3, -0.25) is 0 Å². The average molecular weight is 1710 g/mol. The molecule has 0 amide bonds. The summed E-state index contributed by atoms with van der Waals surface area (Å²) >= 11 is 15.5. The fraction of sp³-hybridized carbons (Fsp3) is 0. The molecule has 0 fully saturated rings. The second-order valence-electron chi connectivity index (χ2n) is 33.9. The molecule has 8 aliphatic rings. The second-order valence-corrected chi connectivity index (χ2v) is 42.6. The summed E-state index contributed by atoms with van der Waals surface area (Å²) in [6, 6.07) is 136. The van der Waals surface area contributed by atoms with Crippen LogP contribution in [0, 0.1) is 0 Å². The van der Waals surface area contributed by atoms with Gasteiger partial charge in [-0.25, -0.2) is 0 Å². The summed E-state index contributed by atoms with van der Waals surface area (Å²) < 4.78 is 10.3. The van der Waals surface area contributed by atoms with Crippen LogP contribution in [0.3, 0.4) is 0 Å². The molecule has 0 unspecified atom stereocenters. The van der Waals surface area contributed by atoms with Crippen LogP contribution < -0.4 is 65.6 Å². The number of benzene rings is 18. The first-order valence-corrected chi connectivity index (χ1v) is 48.9. The summed E-state index contributed by atoms with van der Waals surface area (Å²) in [6.45, 7) is 0.548. The minimum Gasteiger partial charge on any atom is -0.309 e. The molecule has 0 spiro atoms. The van der Waals surface area contributed by atoms with Crippen LogP contribution in [0.4, 0.5) is 0 Å². The van der Waals surface area contributed by atoms with Crippen molar-refractivity contribution in [3.05, 3.63) is 352 Å². The van der Waals surface area contributed by atoms with Crippen LogP contribution in [0.5, 0.6) is 0 Å². The summed E-state index contributed by atoms with van der Waals surface area (Å²) in [5.74, 6) is 0. The number of nitrogens with zero attached hydrogens (tertiary/aromatic N) is 4. The molecule has 124 heavy (non-hydrogen) atoms. The highest BCUT2D eigenvalue weighted by Gasteiger charge is 2.44. The highest BCUT2D eigenvalue weighted by atomic mass is 32.2. The van der Waals surface area contributed by atoms with Crippen molar-refractivity contribution < 1.29 is 0 Å². The van der Waals surface area contributed by atoms with Crippen LogP contribution in [-0.2, 0) is 0 Å². The summed E-state index contributed by atoms with van der Waals surface area (Å²) in [4.78, 5) is 21.2. The first-order valence-electron chi connectivity index (χ1n) is 42.3. The molecule has 4 aromatic heterocycles. The Labute approximate surface area is 749 Å². The Morgan fingerprint density at radius 3 is 0.694 bits per heavy atom. The van der Waals surface area contributed by atoms with Crippen LogP contribution >= 0.6 is 94.1 Å². The van der Waals surface area contributed by atoms with E-state index in [1.807, 2.05) is 94.1 Å². The summed E-state index contributed by atoms with van der Waals surface area (Å²) in [5.41, 5.74) is 33.6. The van der Waals surface area contributed by atoms with Gasteiger partial charge in [-0.1, -0.05) is 338 Å². The predicted molar refractivity (Wildman–Crippen MR) is 532 cm³/mol. The van der Waals surface area contributed by atoms with Crippen molar-refractivity contribution in [2.24, 2.45) is 0 Å². The van der Waals surface area contributed by atoms with E-state index < -0.39 is 0 Å².